The normalized spacial score (nSPS) is 10.1. The zero-order valence-electron chi connectivity index (χ0n) is 12.5. The highest BCUT2D eigenvalue weighted by Gasteiger charge is 2.16. The first kappa shape index (κ1) is 19.0. The number of hydrogen-bond acceptors (Lipinski definition) is 3. The summed E-state index contributed by atoms with van der Waals surface area (Å²) < 4.78 is 4.67. The minimum absolute atomic E-state index is 0.226. The molecule has 0 bridgehead atoms. The molecule has 1 aromatic carbocycles. The van der Waals surface area contributed by atoms with Gasteiger partial charge in [0.1, 0.15) is 6.04 Å². The Kier molecular flexibility index (Phi) is 14.5. The Balaban J connectivity index is 0. The summed E-state index contributed by atoms with van der Waals surface area (Å²) in [5.41, 5.74) is 1.12. The molecule has 1 atom stereocenters. The minimum Gasteiger partial charge on any atom is -0.468 e. The van der Waals surface area contributed by atoms with Gasteiger partial charge in [-0.2, -0.15) is 0 Å². The van der Waals surface area contributed by atoms with Crippen LogP contribution in [0.4, 0.5) is 0 Å². The Morgan fingerprint density at radius 2 is 1.67 bits per heavy atom. The number of carbonyl (C=O) groups is 1. The molecule has 0 radical (unpaired) electrons. The second kappa shape index (κ2) is 13.7. The summed E-state index contributed by atoms with van der Waals surface area (Å²) >= 11 is 0. The SMILES string of the molecule is CC.CC.CNC(Cc1ccccc1)C(=O)OC. The molecule has 1 N–H and O–H groups in total. The third kappa shape index (κ3) is 7.85. The van der Waals surface area contributed by atoms with Crippen LogP contribution in [0.5, 0.6) is 0 Å². The smallest absolute Gasteiger partial charge is 0.323 e. The van der Waals surface area contributed by atoms with Gasteiger partial charge in [0.15, 0.2) is 0 Å². The van der Waals surface area contributed by atoms with E-state index in [9.17, 15) is 4.79 Å². The molecule has 3 heteroatoms. The first-order valence-corrected chi connectivity index (χ1v) is 6.57. The molecule has 104 valence electrons. The summed E-state index contributed by atoms with van der Waals surface area (Å²) in [6, 6.07) is 9.59. The number of hydrogen-bond donors (Lipinski definition) is 1. The summed E-state index contributed by atoms with van der Waals surface area (Å²) in [5, 5.41) is 2.93. The molecular formula is C15H27NO2. The molecule has 0 saturated heterocycles. The van der Waals surface area contributed by atoms with E-state index in [-0.39, 0.29) is 12.0 Å². The maximum absolute atomic E-state index is 11.3. The summed E-state index contributed by atoms with van der Waals surface area (Å²) in [5.74, 6) is -0.226. The molecule has 1 rings (SSSR count). The average molecular weight is 253 g/mol. The highest BCUT2D eigenvalue weighted by Crippen LogP contribution is 2.03. The standard InChI is InChI=1S/C11H15NO2.2C2H6/c1-12-10(11(13)14-2)8-9-6-4-3-5-7-9;2*1-2/h3-7,10,12H,8H2,1-2H3;2*1-2H3. The van der Waals surface area contributed by atoms with Crippen LogP contribution in [-0.2, 0) is 16.0 Å². The van der Waals surface area contributed by atoms with Gasteiger partial charge in [-0.15, -0.1) is 0 Å². The zero-order chi connectivity index (χ0) is 14.4. The van der Waals surface area contributed by atoms with Gasteiger partial charge in [0.25, 0.3) is 0 Å². The maximum atomic E-state index is 11.3. The lowest BCUT2D eigenvalue weighted by Gasteiger charge is -2.13. The van der Waals surface area contributed by atoms with Crippen molar-refractivity contribution in [1.82, 2.24) is 5.32 Å². The number of benzene rings is 1. The van der Waals surface area contributed by atoms with Crippen LogP contribution in [-0.4, -0.2) is 26.2 Å². The number of likely N-dealkylation sites (N-methyl/N-ethyl adjacent to an activating group) is 1. The van der Waals surface area contributed by atoms with Gasteiger partial charge in [-0.25, -0.2) is 0 Å². The first-order valence-electron chi connectivity index (χ1n) is 6.57. The van der Waals surface area contributed by atoms with E-state index in [0.29, 0.717) is 6.42 Å². The van der Waals surface area contributed by atoms with Crippen LogP contribution in [0, 0.1) is 0 Å². The molecule has 0 aliphatic carbocycles. The molecule has 0 aliphatic heterocycles. The van der Waals surface area contributed by atoms with Crippen molar-refractivity contribution >= 4 is 5.97 Å². The molecule has 1 aromatic rings. The van der Waals surface area contributed by atoms with Crippen LogP contribution in [0.15, 0.2) is 30.3 Å². The highest BCUT2D eigenvalue weighted by molar-refractivity contribution is 5.76. The fraction of sp³-hybridized carbons (Fsp3) is 0.533. The number of esters is 1. The Hall–Kier alpha value is -1.35. The van der Waals surface area contributed by atoms with Crippen molar-refractivity contribution in [1.29, 1.82) is 0 Å². The van der Waals surface area contributed by atoms with E-state index in [1.54, 1.807) is 7.05 Å². The van der Waals surface area contributed by atoms with Crippen molar-refractivity contribution in [2.24, 2.45) is 0 Å². The summed E-state index contributed by atoms with van der Waals surface area (Å²) in [4.78, 5) is 11.3. The molecule has 3 nitrogen and oxygen atoms in total. The second-order valence-corrected chi connectivity index (χ2v) is 3.05. The van der Waals surface area contributed by atoms with Crippen LogP contribution >= 0.6 is 0 Å². The van der Waals surface area contributed by atoms with Gasteiger partial charge in [0, 0.05) is 0 Å². The number of rotatable bonds is 4. The largest absolute Gasteiger partial charge is 0.468 e. The molecule has 18 heavy (non-hydrogen) atoms. The van der Waals surface area contributed by atoms with Gasteiger partial charge in [-0.05, 0) is 19.0 Å². The van der Waals surface area contributed by atoms with E-state index >= 15 is 0 Å². The fourth-order valence-corrected chi connectivity index (χ4v) is 1.30. The maximum Gasteiger partial charge on any atom is 0.323 e. The van der Waals surface area contributed by atoms with E-state index in [4.69, 9.17) is 0 Å². The van der Waals surface area contributed by atoms with Crippen molar-refractivity contribution < 1.29 is 9.53 Å². The van der Waals surface area contributed by atoms with Crippen molar-refractivity contribution in [3.8, 4) is 0 Å². The third-order valence-electron chi connectivity index (χ3n) is 2.12. The van der Waals surface area contributed by atoms with E-state index in [2.05, 4.69) is 10.1 Å². The Bertz CT molecular complexity index is 286. The number of carbonyl (C=O) groups excluding carboxylic acids is 1. The lowest BCUT2D eigenvalue weighted by atomic mass is 10.1. The van der Waals surface area contributed by atoms with E-state index in [0.717, 1.165) is 5.56 Å². The topological polar surface area (TPSA) is 38.3 Å². The van der Waals surface area contributed by atoms with Gasteiger partial charge in [-0.1, -0.05) is 58.0 Å². The van der Waals surface area contributed by atoms with Gasteiger partial charge in [0.05, 0.1) is 7.11 Å². The first-order chi connectivity index (χ1) is 8.77. The predicted molar refractivity (Wildman–Crippen MR) is 77.7 cm³/mol. The van der Waals surface area contributed by atoms with Gasteiger partial charge >= 0.3 is 5.97 Å². The molecule has 1 unspecified atom stereocenters. The monoisotopic (exact) mass is 253 g/mol. The van der Waals surface area contributed by atoms with Gasteiger partial charge < -0.3 is 10.1 Å². The number of ether oxygens (including phenoxy) is 1. The molecule has 0 spiro atoms. The quantitative estimate of drug-likeness (QED) is 0.838. The van der Waals surface area contributed by atoms with Crippen LogP contribution in [0.2, 0.25) is 0 Å². The number of nitrogens with one attached hydrogen (secondary N) is 1. The zero-order valence-corrected chi connectivity index (χ0v) is 12.5. The predicted octanol–water partition coefficient (Wildman–Crippen LogP) is 3.04. The molecular weight excluding hydrogens is 226 g/mol. The molecule has 0 aliphatic rings. The van der Waals surface area contributed by atoms with Crippen molar-refractivity contribution in [2.75, 3.05) is 14.2 Å². The summed E-state index contributed by atoms with van der Waals surface area (Å²) in [6.07, 6.45) is 0.657. The molecule has 0 saturated carbocycles. The van der Waals surface area contributed by atoms with Crippen LogP contribution in [0.25, 0.3) is 0 Å². The van der Waals surface area contributed by atoms with Crippen molar-refractivity contribution in [3.63, 3.8) is 0 Å². The van der Waals surface area contributed by atoms with E-state index < -0.39 is 0 Å². The van der Waals surface area contributed by atoms with Crippen LogP contribution in [0.3, 0.4) is 0 Å². The Morgan fingerprint density at radius 1 is 1.17 bits per heavy atom. The second-order valence-electron chi connectivity index (χ2n) is 3.05. The highest BCUT2D eigenvalue weighted by atomic mass is 16.5. The minimum atomic E-state index is -0.262. The Morgan fingerprint density at radius 3 is 2.06 bits per heavy atom. The molecule has 0 heterocycles. The molecule has 0 fully saturated rings. The molecule has 0 amide bonds. The fourth-order valence-electron chi connectivity index (χ4n) is 1.30. The van der Waals surface area contributed by atoms with Gasteiger partial charge in [0.2, 0.25) is 0 Å². The third-order valence-corrected chi connectivity index (χ3v) is 2.12. The van der Waals surface area contributed by atoms with Crippen molar-refractivity contribution in [2.45, 2.75) is 40.2 Å². The number of methoxy groups -OCH3 is 1. The average Bonchev–Trinajstić information content (AvgIpc) is 2.49. The lowest BCUT2D eigenvalue weighted by molar-refractivity contribution is -0.142. The van der Waals surface area contributed by atoms with Gasteiger partial charge in [-0.3, -0.25) is 4.79 Å². The van der Waals surface area contributed by atoms with Crippen LogP contribution in [0.1, 0.15) is 33.3 Å². The summed E-state index contributed by atoms with van der Waals surface area (Å²) in [7, 11) is 3.15. The summed E-state index contributed by atoms with van der Waals surface area (Å²) in [6.45, 7) is 8.00. The Labute approximate surface area is 112 Å². The van der Waals surface area contributed by atoms with E-state index in [1.807, 2.05) is 58.0 Å². The molecule has 0 aromatic heterocycles. The lowest BCUT2D eigenvalue weighted by Crippen LogP contribution is -2.36. The van der Waals surface area contributed by atoms with E-state index in [1.165, 1.54) is 7.11 Å². The van der Waals surface area contributed by atoms with Crippen LogP contribution < -0.4 is 5.32 Å². The van der Waals surface area contributed by atoms with Crippen molar-refractivity contribution in [3.05, 3.63) is 35.9 Å².